The van der Waals surface area contributed by atoms with E-state index >= 15 is 0 Å². The summed E-state index contributed by atoms with van der Waals surface area (Å²) in [7, 11) is 0. The highest BCUT2D eigenvalue weighted by Gasteiger charge is 2.50. The Bertz CT molecular complexity index is 453. The molecule has 0 aromatic carbocycles. The third kappa shape index (κ3) is 1.78. The van der Waals surface area contributed by atoms with E-state index in [0.717, 1.165) is 23.2 Å². The summed E-state index contributed by atoms with van der Waals surface area (Å²) in [5.74, 6) is 3.09. The molecule has 2 fully saturated rings. The van der Waals surface area contributed by atoms with Crippen LogP contribution in [0.4, 0.5) is 0 Å². The van der Waals surface area contributed by atoms with Crippen LogP contribution in [0.2, 0.25) is 0 Å². The van der Waals surface area contributed by atoms with Crippen molar-refractivity contribution in [2.24, 2.45) is 23.2 Å². The zero-order valence-corrected chi connectivity index (χ0v) is 12.7. The molecule has 0 radical (unpaired) electrons. The average Bonchev–Trinajstić information content (AvgIpc) is 2.79. The maximum absolute atomic E-state index is 2.61. The minimum atomic E-state index is 0.722. The molecule has 0 spiro atoms. The van der Waals surface area contributed by atoms with Crippen LogP contribution in [0.15, 0.2) is 22.8 Å². The van der Waals surface area contributed by atoms with E-state index in [4.69, 9.17) is 0 Å². The summed E-state index contributed by atoms with van der Waals surface area (Å²) in [6.45, 7) is 4.93. The van der Waals surface area contributed by atoms with Gasteiger partial charge in [0.2, 0.25) is 0 Å². The summed E-state index contributed by atoms with van der Waals surface area (Å²) >= 11 is 0. The molecule has 0 saturated heterocycles. The highest BCUT2D eigenvalue weighted by atomic mass is 14.5. The highest BCUT2D eigenvalue weighted by Crippen LogP contribution is 2.60. The standard InChI is InChI=1S/C19H28/c1-13-5-7-15-14(12-13)6-8-17-16(15)9-11-19(2)10-3-4-18(17)19/h12,16-18H,3-11H2,1-2H3. The zero-order valence-electron chi connectivity index (χ0n) is 12.7. The lowest BCUT2D eigenvalue weighted by atomic mass is 9.55. The van der Waals surface area contributed by atoms with Crippen molar-refractivity contribution in [3.8, 4) is 0 Å². The Hall–Kier alpha value is -0.520. The first kappa shape index (κ1) is 12.2. The Morgan fingerprint density at radius 3 is 2.84 bits per heavy atom. The third-order valence-electron chi connectivity index (χ3n) is 7.03. The zero-order chi connectivity index (χ0) is 13.0. The topological polar surface area (TPSA) is 0 Å². The van der Waals surface area contributed by atoms with Gasteiger partial charge < -0.3 is 0 Å². The largest absolute Gasteiger partial charge is 0.0727 e. The number of allylic oxidation sites excluding steroid dienone is 4. The second kappa shape index (κ2) is 4.24. The van der Waals surface area contributed by atoms with Crippen LogP contribution in [0.5, 0.6) is 0 Å². The molecule has 19 heavy (non-hydrogen) atoms. The highest BCUT2D eigenvalue weighted by molar-refractivity contribution is 5.37. The van der Waals surface area contributed by atoms with Gasteiger partial charge in [-0.1, -0.05) is 30.6 Å². The van der Waals surface area contributed by atoms with Crippen molar-refractivity contribution in [2.45, 2.75) is 71.6 Å². The second-order valence-corrected chi connectivity index (χ2v) is 8.04. The fourth-order valence-corrected chi connectivity index (χ4v) is 6.05. The van der Waals surface area contributed by atoms with Crippen molar-refractivity contribution in [1.82, 2.24) is 0 Å². The molecule has 0 bridgehead atoms. The lowest BCUT2D eigenvalue weighted by Gasteiger charge is -2.50. The van der Waals surface area contributed by atoms with Crippen LogP contribution in [0.1, 0.15) is 71.6 Å². The van der Waals surface area contributed by atoms with E-state index in [-0.39, 0.29) is 0 Å². The van der Waals surface area contributed by atoms with Crippen LogP contribution in [0.3, 0.4) is 0 Å². The van der Waals surface area contributed by atoms with Crippen LogP contribution in [-0.2, 0) is 0 Å². The summed E-state index contributed by atoms with van der Waals surface area (Å²) in [5, 5.41) is 0. The molecule has 0 N–H and O–H groups in total. The Kier molecular flexibility index (Phi) is 2.73. The summed E-state index contributed by atoms with van der Waals surface area (Å²) in [6.07, 6.45) is 15.7. The van der Waals surface area contributed by atoms with Gasteiger partial charge in [-0.3, -0.25) is 0 Å². The molecule has 4 unspecified atom stereocenters. The van der Waals surface area contributed by atoms with E-state index in [0.29, 0.717) is 0 Å². The molecule has 0 aliphatic heterocycles. The van der Waals surface area contributed by atoms with Gasteiger partial charge in [0.1, 0.15) is 0 Å². The molecule has 0 heterocycles. The van der Waals surface area contributed by atoms with Gasteiger partial charge in [-0.25, -0.2) is 0 Å². The SMILES string of the molecule is CC1=CC2=C(CC1)C1CCC3(C)CCCC3C1CC2. The first-order valence-electron chi connectivity index (χ1n) is 8.56. The minimum Gasteiger partial charge on any atom is -0.0727 e. The fourth-order valence-electron chi connectivity index (χ4n) is 6.05. The van der Waals surface area contributed by atoms with Crippen molar-refractivity contribution in [1.29, 1.82) is 0 Å². The Morgan fingerprint density at radius 1 is 1.05 bits per heavy atom. The van der Waals surface area contributed by atoms with E-state index in [1.165, 1.54) is 57.8 Å². The minimum absolute atomic E-state index is 0.722. The van der Waals surface area contributed by atoms with Crippen LogP contribution >= 0.6 is 0 Å². The molecule has 0 amide bonds. The van der Waals surface area contributed by atoms with Crippen molar-refractivity contribution >= 4 is 0 Å². The lowest BCUT2D eigenvalue weighted by molar-refractivity contribution is 0.0428. The molecule has 4 aliphatic rings. The Morgan fingerprint density at radius 2 is 1.95 bits per heavy atom. The second-order valence-electron chi connectivity index (χ2n) is 8.04. The van der Waals surface area contributed by atoms with Crippen LogP contribution in [-0.4, -0.2) is 0 Å². The van der Waals surface area contributed by atoms with Crippen LogP contribution in [0, 0.1) is 23.2 Å². The Labute approximate surface area is 118 Å². The molecule has 0 nitrogen and oxygen atoms in total. The van der Waals surface area contributed by atoms with Gasteiger partial charge in [0.05, 0.1) is 0 Å². The quantitative estimate of drug-likeness (QED) is 0.525. The molecule has 2 saturated carbocycles. The molecule has 104 valence electrons. The summed E-state index contributed by atoms with van der Waals surface area (Å²) in [6, 6.07) is 0. The normalized spacial score (nSPS) is 45.4. The lowest BCUT2D eigenvalue weighted by Crippen LogP contribution is -2.41. The van der Waals surface area contributed by atoms with E-state index in [1.807, 2.05) is 5.57 Å². The fraction of sp³-hybridized carbons (Fsp3) is 0.789. The summed E-state index contributed by atoms with van der Waals surface area (Å²) in [5.41, 5.74) is 6.00. The monoisotopic (exact) mass is 256 g/mol. The number of rotatable bonds is 0. The van der Waals surface area contributed by atoms with Crippen LogP contribution in [0.25, 0.3) is 0 Å². The van der Waals surface area contributed by atoms with Crippen molar-refractivity contribution < 1.29 is 0 Å². The smallest absolute Gasteiger partial charge is 0.0166 e. The number of hydrogen-bond donors (Lipinski definition) is 0. The van der Waals surface area contributed by atoms with Crippen molar-refractivity contribution in [3.63, 3.8) is 0 Å². The van der Waals surface area contributed by atoms with Crippen molar-refractivity contribution in [3.05, 3.63) is 22.8 Å². The number of hydrogen-bond acceptors (Lipinski definition) is 0. The maximum atomic E-state index is 2.61. The van der Waals surface area contributed by atoms with Gasteiger partial charge >= 0.3 is 0 Å². The molecule has 0 aromatic rings. The van der Waals surface area contributed by atoms with Gasteiger partial charge in [-0.05, 0) is 87.0 Å². The van der Waals surface area contributed by atoms with Gasteiger partial charge in [0, 0.05) is 0 Å². The number of fused-ring (bicyclic) bond motifs is 4. The molecule has 4 atom stereocenters. The molecular weight excluding hydrogens is 228 g/mol. The van der Waals surface area contributed by atoms with E-state index < -0.39 is 0 Å². The first-order valence-corrected chi connectivity index (χ1v) is 8.56. The van der Waals surface area contributed by atoms with Crippen molar-refractivity contribution in [2.75, 3.05) is 0 Å². The molecule has 0 heteroatoms. The summed E-state index contributed by atoms with van der Waals surface area (Å²) < 4.78 is 0. The van der Waals surface area contributed by atoms with E-state index in [2.05, 4.69) is 19.9 Å². The van der Waals surface area contributed by atoms with Crippen LogP contribution < -0.4 is 0 Å². The van der Waals surface area contributed by atoms with Gasteiger partial charge in [-0.2, -0.15) is 0 Å². The predicted octanol–water partition coefficient (Wildman–Crippen LogP) is 5.65. The summed E-state index contributed by atoms with van der Waals surface area (Å²) in [4.78, 5) is 0. The first-order chi connectivity index (χ1) is 9.17. The van der Waals surface area contributed by atoms with Gasteiger partial charge in [-0.15, -0.1) is 0 Å². The van der Waals surface area contributed by atoms with Gasteiger partial charge in [0.15, 0.2) is 0 Å². The predicted molar refractivity (Wildman–Crippen MR) is 80.9 cm³/mol. The maximum Gasteiger partial charge on any atom is -0.0166 e. The van der Waals surface area contributed by atoms with E-state index in [9.17, 15) is 0 Å². The van der Waals surface area contributed by atoms with E-state index in [1.54, 1.807) is 11.1 Å². The third-order valence-corrected chi connectivity index (χ3v) is 7.03. The van der Waals surface area contributed by atoms with Gasteiger partial charge in [0.25, 0.3) is 0 Å². The molecule has 4 aliphatic carbocycles. The Balaban J connectivity index is 1.68. The molecule has 0 aromatic heterocycles. The average molecular weight is 256 g/mol. The molecular formula is C19H28. The molecule has 4 rings (SSSR count).